The number of carbonyl (C=O) groups is 2. The SMILES string of the molecule is COC(=O)c1ccc(C(=O)CNCl)cc1. The summed E-state index contributed by atoms with van der Waals surface area (Å²) >= 11 is 5.21. The van der Waals surface area contributed by atoms with E-state index in [0.29, 0.717) is 11.1 Å². The van der Waals surface area contributed by atoms with E-state index >= 15 is 0 Å². The molecule has 1 aromatic carbocycles. The molecule has 15 heavy (non-hydrogen) atoms. The molecule has 0 unspecified atom stereocenters. The molecule has 0 heterocycles. The van der Waals surface area contributed by atoms with Gasteiger partial charge < -0.3 is 4.74 Å². The molecule has 1 N–H and O–H groups in total. The van der Waals surface area contributed by atoms with E-state index in [2.05, 4.69) is 9.57 Å². The summed E-state index contributed by atoms with van der Waals surface area (Å²) in [6.07, 6.45) is 0. The lowest BCUT2D eigenvalue weighted by Crippen LogP contribution is -2.14. The van der Waals surface area contributed by atoms with E-state index in [0.717, 1.165) is 0 Å². The Hall–Kier alpha value is -1.39. The van der Waals surface area contributed by atoms with Gasteiger partial charge in [-0.1, -0.05) is 12.1 Å². The predicted molar refractivity (Wildman–Crippen MR) is 56.0 cm³/mol. The Morgan fingerprint density at radius 2 is 1.80 bits per heavy atom. The molecule has 0 aliphatic rings. The van der Waals surface area contributed by atoms with Crippen LogP contribution >= 0.6 is 11.8 Å². The Morgan fingerprint density at radius 3 is 2.27 bits per heavy atom. The van der Waals surface area contributed by atoms with Crippen LogP contribution in [0.15, 0.2) is 24.3 Å². The minimum Gasteiger partial charge on any atom is -0.465 e. The van der Waals surface area contributed by atoms with Gasteiger partial charge in [0.2, 0.25) is 0 Å². The predicted octanol–water partition coefficient (Wildman–Crippen LogP) is 1.40. The van der Waals surface area contributed by atoms with E-state index in [9.17, 15) is 9.59 Å². The van der Waals surface area contributed by atoms with Gasteiger partial charge in [0, 0.05) is 5.56 Å². The number of rotatable bonds is 4. The number of ether oxygens (including phenoxy) is 1. The molecule has 0 fully saturated rings. The number of Topliss-reactive ketones (excluding diaryl/α,β-unsaturated/α-hetero) is 1. The number of benzene rings is 1. The molecule has 4 nitrogen and oxygen atoms in total. The van der Waals surface area contributed by atoms with Crippen LogP contribution in [0.1, 0.15) is 20.7 Å². The molecule has 0 saturated carbocycles. The number of hydrogen-bond donors (Lipinski definition) is 1. The van der Waals surface area contributed by atoms with Gasteiger partial charge in [0.1, 0.15) is 0 Å². The van der Waals surface area contributed by atoms with Crippen LogP contribution in [0.25, 0.3) is 0 Å². The van der Waals surface area contributed by atoms with E-state index in [1.165, 1.54) is 19.2 Å². The zero-order valence-electron chi connectivity index (χ0n) is 8.12. The van der Waals surface area contributed by atoms with Crippen LogP contribution in [-0.2, 0) is 4.74 Å². The second-order valence-corrected chi connectivity index (χ2v) is 3.07. The third-order valence-corrected chi connectivity index (χ3v) is 1.99. The lowest BCUT2D eigenvalue weighted by molar-refractivity contribution is 0.0600. The van der Waals surface area contributed by atoms with Gasteiger partial charge in [0.05, 0.1) is 19.2 Å². The van der Waals surface area contributed by atoms with Crippen molar-refractivity contribution in [1.82, 2.24) is 4.84 Å². The number of halogens is 1. The Labute approximate surface area is 92.3 Å². The van der Waals surface area contributed by atoms with Gasteiger partial charge in [-0.3, -0.25) is 4.79 Å². The van der Waals surface area contributed by atoms with Crippen LogP contribution in [-0.4, -0.2) is 25.4 Å². The molecule has 0 aromatic heterocycles. The standard InChI is InChI=1S/C10H10ClNO3/c1-15-10(14)8-4-2-7(3-5-8)9(13)6-12-11/h2-5,12H,6H2,1H3. The smallest absolute Gasteiger partial charge is 0.337 e. The van der Waals surface area contributed by atoms with Crippen LogP contribution < -0.4 is 4.84 Å². The third kappa shape index (κ3) is 3.04. The molecule has 0 atom stereocenters. The lowest BCUT2D eigenvalue weighted by Gasteiger charge is -2.01. The summed E-state index contributed by atoms with van der Waals surface area (Å²) < 4.78 is 4.53. The first-order valence-corrected chi connectivity index (χ1v) is 4.62. The van der Waals surface area contributed by atoms with Gasteiger partial charge in [0.25, 0.3) is 0 Å². The molecule has 1 aromatic rings. The molecule has 0 bridgehead atoms. The molecular weight excluding hydrogens is 218 g/mol. The summed E-state index contributed by atoms with van der Waals surface area (Å²) in [5.41, 5.74) is 0.906. The van der Waals surface area contributed by atoms with Crippen molar-refractivity contribution in [2.24, 2.45) is 0 Å². The van der Waals surface area contributed by atoms with E-state index in [-0.39, 0.29) is 12.3 Å². The van der Waals surface area contributed by atoms with E-state index in [4.69, 9.17) is 11.8 Å². The fourth-order valence-electron chi connectivity index (χ4n) is 1.07. The van der Waals surface area contributed by atoms with Gasteiger partial charge in [-0.25, -0.2) is 9.63 Å². The van der Waals surface area contributed by atoms with E-state index in [1.54, 1.807) is 12.1 Å². The Morgan fingerprint density at radius 1 is 1.27 bits per heavy atom. The highest BCUT2D eigenvalue weighted by Gasteiger charge is 2.08. The molecule has 0 amide bonds. The number of hydrogen-bond acceptors (Lipinski definition) is 4. The molecular formula is C10H10ClNO3. The van der Waals surface area contributed by atoms with Gasteiger partial charge in [-0.05, 0) is 23.9 Å². The quantitative estimate of drug-likeness (QED) is 0.480. The zero-order valence-corrected chi connectivity index (χ0v) is 8.88. The minimum atomic E-state index is -0.426. The highest BCUT2D eigenvalue weighted by atomic mass is 35.5. The molecule has 80 valence electrons. The fraction of sp³-hybridized carbons (Fsp3) is 0.200. The molecule has 0 saturated heterocycles. The van der Waals surface area contributed by atoms with Crippen LogP contribution in [0.2, 0.25) is 0 Å². The van der Waals surface area contributed by atoms with Crippen LogP contribution in [0, 0.1) is 0 Å². The third-order valence-electron chi connectivity index (χ3n) is 1.86. The molecule has 0 aliphatic heterocycles. The zero-order chi connectivity index (χ0) is 11.3. The minimum absolute atomic E-state index is 0.0547. The van der Waals surface area contributed by atoms with Gasteiger partial charge in [0.15, 0.2) is 5.78 Å². The van der Waals surface area contributed by atoms with E-state index in [1.807, 2.05) is 0 Å². The summed E-state index contributed by atoms with van der Waals surface area (Å²) in [6, 6.07) is 6.19. The first-order valence-electron chi connectivity index (χ1n) is 4.24. The lowest BCUT2D eigenvalue weighted by atomic mass is 10.1. The molecule has 0 radical (unpaired) electrons. The van der Waals surface area contributed by atoms with Crippen molar-refractivity contribution in [3.63, 3.8) is 0 Å². The maximum absolute atomic E-state index is 11.3. The van der Waals surface area contributed by atoms with Crippen LogP contribution in [0.4, 0.5) is 0 Å². The monoisotopic (exact) mass is 227 g/mol. The van der Waals surface area contributed by atoms with Gasteiger partial charge >= 0.3 is 5.97 Å². The van der Waals surface area contributed by atoms with Crippen molar-refractivity contribution >= 4 is 23.5 Å². The van der Waals surface area contributed by atoms with Gasteiger partial charge in [-0.15, -0.1) is 0 Å². The number of carbonyl (C=O) groups excluding carboxylic acids is 2. The van der Waals surface area contributed by atoms with Crippen molar-refractivity contribution in [3.8, 4) is 0 Å². The van der Waals surface area contributed by atoms with Crippen molar-refractivity contribution in [1.29, 1.82) is 0 Å². The van der Waals surface area contributed by atoms with Crippen molar-refractivity contribution in [3.05, 3.63) is 35.4 Å². The van der Waals surface area contributed by atoms with Crippen LogP contribution in [0.5, 0.6) is 0 Å². The Balaban J connectivity index is 2.80. The summed E-state index contributed by atoms with van der Waals surface area (Å²) in [5, 5.41) is 0. The number of esters is 1. The Kier molecular flexibility index (Phi) is 4.27. The van der Waals surface area contributed by atoms with Crippen LogP contribution in [0.3, 0.4) is 0 Å². The van der Waals surface area contributed by atoms with E-state index < -0.39 is 5.97 Å². The molecule has 0 spiro atoms. The average molecular weight is 228 g/mol. The second-order valence-electron chi connectivity index (χ2n) is 2.80. The summed E-state index contributed by atoms with van der Waals surface area (Å²) in [7, 11) is 1.30. The number of ketones is 1. The normalized spacial score (nSPS) is 9.73. The summed E-state index contributed by atoms with van der Waals surface area (Å²) in [4.78, 5) is 24.7. The number of methoxy groups -OCH3 is 1. The second kappa shape index (κ2) is 5.48. The van der Waals surface area contributed by atoms with Crippen molar-refractivity contribution in [2.45, 2.75) is 0 Å². The fourth-order valence-corrected chi connectivity index (χ4v) is 1.19. The molecule has 0 aliphatic carbocycles. The highest BCUT2D eigenvalue weighted by Crippen LogP contribution is 2.06. The molecule has 5 heteroatoms. The van der Waals surface area contributed by atoms with Gasteiger partial charge in [-0.2, -0.15) is 0 Å². The summed E-state index contributed by atoms with van der Waals surface area (Å²) in [5.74, 6) is -0.564. The first-order chi connectivity index (χ1) is 7.19. The molecule has 1 rings (SSSR count). The maximum atomic E-state index is 11.3. The first kappa shape index (κ1) is 11.7. The maximum Gasteiger partial charge on any atom is 0.337 e. The highest BCUT2D eigenvalue weighted by molar-refractivity contribution is 6.15. The Bertz CT molecular complexity index is 361. The average Bonchev–Trinajstić information content (AvgIpc) is 2.28. The number of nitrogens with one attached hydrogen (secondary N) is 1. The largest absolute Gasteiger partial charge is 0.465 e. The van der Waals surface area contributed by atoms with Crippen molar-refractivity contribution in [2.75, 3.05) is 13.7 Å². The summed E-state index contributed by atoms with van der Waals surface area (Å²) in [6.45, 7) is 0.0547. The topological polar surface area (TPSA) is 55.4 Å². The van der Waals surface area contributed by atoms with Crippen molar-refractivity contribution < 1.29 is 14.3 Å².